The zero-order chi connectivity index (χ0) is 53.2. The first kappa shape index (κ1) is 67.1. The molecular weight excluding hydrogens is 937 g/mol. The number of rotatable bonds is 47. The van der Waals surface area contributed by atoms with E-state index in [1.807, 2.05) is 0 Å². The fourth-order valence-electron chi connectivity index (χ4n) is 9.34. The first-order valence-corrected chi connectivity index (χ1v) is 29.4. The van der Waals surface area contributed by atoms with E-state index in [1.54, 1.807) is 0 Å². The summed E-state index contributed by atoms with van der Waals surface area (Å²) in [6.07, 6.45) is 32.2. The molecule has 2 aliphatic rings. The van der Waals surface area contributed by atoms with Gasteiger partial charge in [-0.25, -0.2) is 0 Å². The lowest BCUT2D eigenvalue weighted by Crippen LogP contribution is -2.61. The van der Waals surface area contributed by atoms with Gasteiger partial charge in [-0.2, -0.15) is 0 Å². The maximum absolute atomic E-state index is 13.0. The second kappa shape index (κ2) is 45.0. The smallest absolute Gasteiger partial charge is 0.306 e. The molecule has 0 saturated carbocycles. The molecule has 11 atom stereocenters. The van der Waals surface area contributed by atoms with Crippen LogP contribution in [0.4, 0.5) is 0 Å². The van der Waals surface area contributed by atoms with Crippen LogP contribution in [0.1, 0.15) is 239 Å². The summed E-state index contributed by atoms with van der Waals surface area (Å²) in [4.78, 5) is 25.8. The highest BCUT2D eigenvalue weighted by Crippen LogP contribution is 2.27. The van der Waals surface area contributed by atoms with Gasteiger partial charge in [0, 0.05) is 12.8 Å². The molecule has 0 aromatic rings. The largest absolute Gasteiger partial charge is 0.462 e. The van der Waals surface area contributed by atoms with Crippen molar-refractivity contribution in [3.63, 3.8) is 0 Å². The number of hydrogen-bond acceptors (Lipinski definition) is 15. The minimum atomic E-state index is -1.77. The Kier molecular flexibility index (Phi) is 41.4. The molecule has 4 unspecified atom stereocenters. The summed E-state index contributed by atoms with van der Waals surface area (Å²) in [5, 5.41) is 72.2. The number of aliphatic hydroxyl groups excluding tert-OH is 7. The van der Waals surface area contributed by atoms with Gasteiger partial charge < -0.3 is 64.2 Å². The topological polar surface area (TPSA) is 231 Å². The van der Waals surface area contributed by atoms with Crippen LogP contribution in [0.3, 0.4) is 0 Å². The van der Waals surface area contributed by atoms with Gasteiger partial charge in [0.25, 0.3) is 0 Å². The van der Waals surface area contributed by atoms with E-state index in [4.69, 9.17) is 28.4 Å². The van der Waals surface area contributed by atoms with Crippen LogP contribution in [0.15, 0.2) is 24.3 Å². The van der Waals surface area contributed by atoms with Gasteiger partial charge in [0.1, 0.15) is 55.4 Å². The zero-order valence-corrected chi connectivity index (χ0v) is 45.6. The third-order valence-electron chi connectivity index (χ3n) is 14.2. The van der Waals surface area contributed by atoms with Crippen molar-refractivity contribution in [3.05, 3.63) is 24.3 Å². The minimum Gasteiger partial charge on any atom is -0.462 e. The molecule has 2 fully saturated rings. The molecule has 73 heavy (non-hydrogen) atoms. The summed E-state index contributed by atoms with van der Waals surface area (Å²) in [5.74, 6) is -0.962. The third-order valence-corrected chi connectivity index (χ3v) is 14.2. The summed E-state index contributed by atoms with van der Waals surface area (Å²) >= 11 is 0. The Morgan fingerprint density at radius 1 is 0.425 bits per heavy atom. The number of carbonyl (C=O) groups is 2. The number of carbonyl (C=O) groups excluding carboxylic acids is 2. The molecule has 0 amide bonds. The van der Waals surface area contributed by atoms with Gasteiger partial charge in [0.2, 0.25) is 0 Å². The monoisotopic (exact) mass is 1040 g/mol. The molecule has 0 aromatic heterocycles. The van der Waals surface area contributed by atoms with Crippen molar-refractivity contribution < 1.29 is 73.8 Å². The first-order chi connectivity index (χ1) is 35.5. The SMILES string of the molecule is CCCCCCC/C=C/CCCCCCCC(=O)OC[C@H](CO[C@H]1O[C@@H](CO[C@H]2O[C@@H](CO)[C@@H](O)C(O)C2O)[C@@H](O)C(O)C1O)OC(=O)CCC/C=C/CCCCCCCCCCCCCCCCCCCC. The number of hydrogen-bond donors (Lipinski definition) is 7. The quantitative estimate of drug-likeness (QED) is 0.0171. The van der Waals surface area contributed by atoms with E-state index >= 15 is 0 Å². The van der Waals surface area contributed by atoms with E-state index in [0.29, 0.717) is 19.3 Å². The zero-order valence-electron chi connectivity index (χ0n) is 45.6. The van der Waals surface area contributed by atoms with Crippen molar-refractivity contribution in [1.29, 1.82) is 0 Å². The third kappa shape index (κ3) is 32.4. The molecule has 7 N–H and O–H groups in total. The van der Waals surface area contributed by atoms with E-state index in [-0.39, 0.29) is 19.4 Å². The molecule has 15 heteroatoms. The van der Waals surface area contributed by atoms with Crippen molar-refractivity contribution in [2.45, 2.75) is 306 Å². The molecule has 0 spiro atoms. The highest BCUT2D eigenvalue weighted by molar-refractivity contribution is 5.70. The van der Waals surface area contributed by atoms with Gasteiger partial charge in [-0.3, -0.25) is 9.59 Å². The Labute approximate surface area is 441 Å². The van der Waals surface area contributed by atoms with Crippen molar-refractivity contribution in [2.24, 2.45) is 0 Å². The average molecular weight is 1040 g/mol. The standard InChI is InChI=1S/C58H106O15/c1-3-5-7-9-11-13-15-17-19-20-21-22-23-24-25-26-27-29-31-33-35-37-39-41-50(61)71-46(43-68-49(60)40-38-36-34-32-30-28-18-16-14-12-10-8-6-4-2)44-69-57-56(67)54(65)52(63)48(73-57)45-70-58-55(66)53(64)51(62)47(42-59)72-58/h16,18,33,35,46-48,51-59,62-67H,3-15,17,19-32,34,36-45H2,1-2H3/b18-16+,35-33+/t46-,47+,48+,51-,52-,53?,54?,55?,56?,57+,58+/m1/s1. The van der Waals surface area contributed by atoms with Gasteiger partial charge in [-0.15, -0.1) is 0 Å². The van der Waals surface area contributed by atoms with E-state index in [1.165, 1.54) is 141 Å². The summed E-state index contributed by atoms with van der Waals surface area (Å²) in [6, 6.07) is 0. The highest BCUT2D eigenvalue weighted by atomic mass is 16.7. The molecule has 2 rings (SSSR count). The lowest BCUT2D eigenvalue weighted by atomic mass is 9.98. The fraction of sp³-hybridized carbons (Fsp3) is 0.897. The maximum Gasteiger partial charge on any atom is 0.306 e. The second-order valence-electron chi connectivity index (χ2n) is 20.8. The molecule has 2 heterocycles. The van der Waals surface area contributed by atoms with Crippen LogP contribution < -0.4 is 0 Å². The molecule has 0 radical (unpaired) electrons. The molecule has 428 valence electrons. The first-order valence-electron chi connectivity index (χ1n) is 29.4. The summed E-state index contributed by atoms with van der Waals surface area (Å²) in [6.45, 7) is 2.58. The Bertz CT molecular complexity index is 1360. The average Bonchev–Trinajstić information content (AvgIpc) is 3.38. The molecule has 0 bridgehead atoms. The lowest BCUT2D eigenvalue weighted by Gasteiger charge is -2.42. The molecule has 0 aromatic carbocycles. The van der Waals surface area contributed by atoms with Crippen LogP contribution in [0.5, 0.6) is 0 Å². The normalized spacial score (nSPS) is 24.9. The van der Waals surface area contributed by atoms with Crippen LogP contribution in [0, 0.1) is 0 Å². The van der Waals surface area contributed by atoms with Gasteiger partial charge in [0.15, 0.2) is 18.7 Å². The van der Waals surface area contributed by atoms with Crippen molar-refractivity contribution in [1.82, 2.24) is 0 Å². The van der Waals surface area contributed by atoms with Crippen LogP contribution in [-0.4, -0.2) is 142 Å². The fourth-order valence-corrected chi connectivity index (χ4v) is 9.34. The Morgan fingerprint density at radius 3 is 1.25 bits per heavy atom. The summed E-state index contributed by atoms with van der Waals surface area (Å²) in [5.41, 5.74) is 0. The number of esters is 2. The molecule has 2 saturated heterocycles. The van der Waals surface area contributed by atoms with Gasteiger partial charge in [-0.05, 0) is 57.8 Å². The van der Waals surface area contributed by atoms with E-state index in [9.17, 15) is 45.3 Å². The minimum absolute atomic E-state index is 0.119. The molecule has 2 aliphatic heterocycles. The van der Waals surface area contributed by atoms with E-state index in [2.05, 4.69) is 38.2 Å². The Balaban J connectivity index is 1.74. The number of unbranched alkanes of at least 4 members (excludes halogenated alkanes) is 29. The maximum atomic E-state index is 13.0. The van der Waals surface area contributed by atoms with Crippen LogP contribution in [0.2, 0.25) is 0 Å². The van der Waals surface area contributed by atoms with Gasteiger partial charge in [-0.1, -0.05) is 192 Å². The Morgan fingerprint density at radius 2 is 0.795 bits per heavy atom. The van der Waals surface area contributed by atoms with Crippen molar-refractivity contribution in [2.75, 3.05) is 26.4 Å². The van der Waals surface area contributed by atoms with Crippen molar-refractivity contribution in [3.8, 4) is 0 Å². The molecule has 15 nitrogen and oxygen atoms in total. The summed E-state index contributed by atoms with van der Waals surface area (Å²) in [7, 11) is 0. The van der Waals surface area contributed by atoms with E-state index < -0.39 is 99.3 Å². The predicted octanol–water partition coefficient (Wildman–Crippen LogP) is 9.89. The highest BCUT2D eigenvalue weighted by Gasteiger charge is 2.47. The van der Waals surface area contributed by atoms with Crippen LogP contribution in [0.25, 0.3) is 0 Å². The van der Waals surface area contributed by atoms with Crippen molar-refractivity contribution >= 4 is 11.9 Å². The van der Waals surface area contributed by atoms with Crippen LogP contribution in [-0.2, 0) is 38.0 Å². The molecular formula is C58H106O15. The van der Waals surface area contributed by atoms with E-state index in [0.717, 1.165) is 51.4 Å². The van der Waals surface area contributed by atoms with Gasteiger partial charge in [0.05, 0.1) is 19.8 Å². The summed E-state index contributed by atoms with van der Waals surface area (Å²) < 4.78 is 33.6. The van der Waals surface area contributed by atoms with Gasteiger partial charge >= 0.3 is 11.9 Å². The lowest BCUT2D eigenvalue weighted by molar-refractivity contribution is -0.332. The number of aliphatic hydroxyl groups is 7. The second-order valence-corrected chi connectivity index (χ2v) is 20.8. The Hall–Kier alpha value is -2.02. The predicted molar refractivity (Wildman–Crippen MR) is 284 cm³/mol. The molecule has 0 aliphatic carbocycles. The van der Waals surface area contributed by atoms with Crippen LogP contribution >= 0.6 is 0 Å². The number of ether oxygens (including phenoxy) is 6. The number of allylic oxidation sites excluding steroid dienone is 4.